The lowest BCUT2D eigenvalue weighted by atomic mass is 9.93. The van der Waals surface area contributed by atoms with Crippen LogP contribution in [0.3, 0.4) is 0 Å². The molecule has 1 saturated heterocycles. The van der Waals surface area contributed by atoms with Gasteiger partial charge < -0.3 is 20.5 Å². The molecular formula is C9H18N2O3. The predicted octanol–water partition coefficient (Wildman–Crippen LogP) is 0.491. The molecule has 3 unspecified atom stereocenters. The third-order valence-electron chi connectivity index (χ3n) is 2.84. The summed E-state index contributed by atoms with van der Waals surface area (Å²) in [4.78, 5) is 12.3. The van der Waals surface area contributed by atoms with Gasteiger partial charge in [0.25, 0.3) is 0 Å². The number of likely N-dealkylation sites (tertiary alicyclic amines) is 1. The van der Waals surface area contributed by atoms with Crippen molar-refractivity contribution in [2.24, 2.45) is 5.73 Å². The predicted molar refractivity (Wildman–Crippen MR) is 52.2 cm³/mol. The fourth-order valence-corrected chi connectivity index (χ4v) is 2.10. The minimum absolute atomic E-state index is 0.0550. The summed E-state index contributed by atoms with van der Waals surface area (Å²) >= 11 is 0. The summed E-state index contributed by atoms with van der Waals surface area (Å²) in [5.74, 6) is 0. The lowest BCUT2D eigenvalue weighted by Gasteiger charge is -2.41. The summed E-state index contributed by atoms with van der Waals surface area (Å²) < 4.78 is 5.26. The number of nitrogens with zero attached hydrogens (tertiary/aromatic N) is 1. The van der Waals surface area contributed by atoms with Crippen molar-refractivity contribution in [3.8, 4) is 0 Å². The maximum absolute atomic E-state index is 10.9. The molecule has 14 heavy (non-hydrogen) atoms. The van der Waals surface area contributed by atoms with E-state index in [-0.39, 0.29) is 18.2 Å². The monoisotopic (exact) mass is 202 g/mol. The first kappa shape index (κ1) is 11.3. The molecule has 5 heteroatoms. The van der Waals surface area contributed by atoms with Gasteiger partial charge in [-0.1, -0.05) is 6.92 Å². The minimum Gasteiger partial charge on any atom is -0.465 e. The molecule has 1 aliphatic rings. The number of piperidine rings is 1. The number of methoxy groups -OCH3 is 1. The fraction of sp³-hybridized carbons (Fsp3) is 0.889. The fourth-order valence-electron chi connectivity index (χ4n) is 2.10. The van der Waals surface area contributed by atoms with Crippen LogP contribution in [0.15, 0.2) is 0 Å². The van der Waals surface area contributed by atoms with Crippen molar-refractivity contribution in [2.45, 2.75) is 38.0 Å². The molecule has 0 aromatic rings. The normalized spacial score (nSPS) is 33.1. The average Bonchev–Trinajstić information content (AvgIpc) is 2.16. The number of ether oxygens (including phenoxy) is 1. The lowest BCUT2D eigenvalue weighted by molar-refractivity contribution is -0.0246. The Morgan fingerprint density at radius 3 is 2.79 bits per heavy atom. The largest absolute Gasteiger partial charge is 0.465 e. The van der Waals surface area contributed by atoms with Gasteiger partial charge >= 0.3 is 6.09 Å². The van der Waals surface area contributed by atoms with Gasteiger partial charge in [0.15, 0.2) is 0 Å². The number of rotatable bonds is 2. The number of hydrogen-bond donors (Lipinski definition) is 2. The number of carboxylic acid groups (broad SMARTS) is 1. The third kappa shape index (κ3) is 1.99. The van der Waals surface area contributed by atoms with Crippen molar-refractivity contribution in [1.82, 2.24) is 4.90 Å². The highest BCUT2D eigenvalue weighted by molar-refractivity contribution is 5.65. The number of nitrogens with two attached hydrogens (primary N) is 1. The highest BCUT2D eigenvalue weighted by Crippen LogP contribution is 2.21. The van der Waals surface area contributed by atoms with E-state index in [4.69, 9.17) is 15.6 Å². The molecular weight excluding hydrogens is 184 g/mol. The smallest absolute Gasteiger partial charge is 0.407 e. The van der Waals surface area contributed by atoms with Gasteiger partial charge in [0.2, 0.25) is 0 Å². The van der Waals surface area contributed by atoms with Gasteiger partial charge in [0.05, 0.1) is 12.1 Å². The highest BCUT2D eigenvalue weighted by atomic mass is 16.5. The molecule has 5 nitrogen and oxygen atoms in total. The number of amides is 1. The van der Waals surface area contributed by atoms with Gasteiger partial charge in [0, 0.05) is 19.7 Å². The van der Waals surface area contributed by atoms with E-state index in [0.717, 1.165) is 6.42 Å². The van der Waals surface area contributed by atoms with Crippen LogP contribution in [-0.4, -0.2) is 47.9 Å². The summed E-state index contributed by atoms with van der Waals surface area (Å²) in [5, 5.41) is 8.97. The van der Waals surface area contributed by atoms with Crippen molar-refractivity contribution < 1.29 is 14.6 Å². The van der Waals surface area contributed by atoms with Crippen LogP contribution in [0.1, 0.15) is 19.8 Å². The van der Waals surface area contributed by atoms with E-state index < -0.39 is 6.09 Å². The molecule has 0 aromatic carbocycles. The van der Waals surface area contributed by atoms with E-state index in [9.17, 15) is 4.79 Å². The molecule has 1 fully saturated rings. The third-order valence-corrected chi connectivity index (χ3v) is 2.84. The quantitative estimate of drug-likeness (QED) is 0.683. The van der Waals surface area contributed by atoms with Crippen LogP contribution in [0.5, 0.6) is 0 Å². The Morgan fingerprint density at radius 1 is 1.71 bits per heavy atom. The van der Waals surface area contributed by atoms with Crippen LogP contribution in [0.25, 0.3) is 0 Å². The molecule has 0 bridgehead atoms. The number of hydrogen-bond acceptors (Lipinski definition) is 3. The van der Waals surface area contributed by atoms with Crippen molar-refractivity contribution in [3.63, 3.8) is 0 Å². The first-order valence-corrected chi connectivity index (χ1v) is 4.89. The van der Waals surface area contributed by atoms with Gasteiger partial charge in [0.1, 0.15) is 0 Å². The zero-order chi connectivity index (χ0) is 10.7. The maximum atomic E-state index is 10.9. The van der Waals surface area contributed by atoms with Gasteiger partial charge in [-0.15, -0.1) is 0 Å². The maximum Gasteiger partial charge on any atom is 0.407 e. The molecule has 0 radical (unpaired) electrons. The summed E-state index contributed by atoms with van der Waals surface area (Å²) in [7, 11) is 1.58. The molecule has 0 aliphatic carbocycles. The number of carbonyl (C=O) groups is 1. The Hall–Kier alpha value is -0.810. The van der Waals surface area contributed by atoms with Gasteiger partial charge in [-0.25, -0.2) is 4.79 Å². The minimum atomic E-state index is -0.884. The van der Waals surface area contributed by atoms with Crippen LogP contribution in [0, 0.1) is 0 Å². The molecule has 0 saturated carbocycles. The van der Waals surface area contributed by atoms with Crippen molar-refractivity contribution >= 4 is 6.09 Å². The Bertz CT molecular complexity index is 210. The van der Waals surface area contributed by atoms with Crippen LogP contribution < -0.4 is 5.73 Å². The lowest BCUT2D eigenvalue weighted by Crippen LogP contribution is -2.59. The standard InChI is InChI=1S/C9H18N2O3/c1-3-7-8(14-2)6(10)4-5-11(7)9(12)13/h6-8H,3-5,10H2,1-2H3,(H,12,13). The van der Waals surface area contributed by atoms with Crippen molar-refractivity contribution in [3.05, 3.63) is 0 Å². The van der Waals surface area contributed by atoms with E-state index >= 15 is 0 Å². The van der Waals surface area contributed by atoms with Crippen LogP contribution >= 0.6 is 0 Å². The molecule has 0 aromatic heterocycles. The topological polar surface area (TPSA) is 75.8 Å². The molecule has 1 aliphatic heterocycles. The second-order valence-electron chi connectivity index (χ2n) is 3.60. The molecule has 1 heterocycles. The zero-order valence-electron chi connectivity index (χ0n) is 8.64. The van der Waals surface area contributed by atoms with Gasteiger partial charge in [-0.2, -0.15) is 0 Å². The van der Waals surface area contributed by atoms with Crippen molar-refractivity contribution in [2.75, 3.05) is 13.7 Å². The van der Waals surface area contributed by atoms with E-state index in [1.165, 1.54) is 4.90 Å². The molecule has 1 rings (SSSR count). The van der Waals surface area contributed by atoms with E-state index in [1.54, 1.807) is 7.11 Å². The van der Waals surface area contributed by atoms with E-state index in [0.29, 0.717) is 13.0 Å². The Labute approximate surface area is 83.8 Å². The average molecular weight is 202 g/mol. The van der Waals surface area contributed by atoms with Gasteiger partial charge in [-0.3, -0.25) is 0 Å². The second-order valence-corrected chi connectivity index (χ2v) is 3.60. The molecule has 1 amide bonds. The SMILES string of the molecule is CCC1C(OC)C(N)CCN1C(=O)O. The first-order chi connectivity index (χ1) is 6.61. The van der Waals surface area contributed by atoms with Crippen LogP contribution in [-0.2, 0) is 4.74 Å². The van der Waals surface area contributed by atoms with Crippen LogP contribution in [0.4, 0.5) is 4.79 Å². The summed E-state index contributed by atoms with van der Waals surface area (Å²) in [6.45, 7) is 2.46. The Morgan fingerprint density at radius 2 is 2.36 bits per heavy atom. The molecule has 82 valence electrons. The molecule has 3 atom stereocenters. The summed E-state index contributed by atoms with van der Waals surface area (Å²) in [6, 6.07) is -0.165. The Balaban J connectivity index is 2.77. The molecule has 3 N–H and O–H groups in total. The second kappa shape index (κ2) is 4.61. The summed E-state index contributed by atoms with van der Waals surface area (Å²) in [6.07, 6.45) is 0.343. The first-order valence-electron chi connectivity index (χ1n) is 4.89. The summed E-state index contributed by atoms with van der Waals surface area (Å²) in [5.41, 5.74) is 5.87. The Kier molecular flexibility index (Phi) is 3.71. The van der Waals surface area contributed by atoms with Crippen molar-refractivity contribution in [1.29, 1.82) is 0 Å². The van der Waals surface area contributed by atoms with E-state index in [1.807, 2.05) is 6.92 Å². The highest BCUT2D eigenvalue weighted by Gasteiger charge is 2.37. The zero-order valence-corrected chi connectivity index (χ0v) is 8.64. The van der Waals surface area contributed by atoms with E-state index in [2.05, 4.69) is 0 Å². The molecule has 0 spiro atoms. The van der Waals surface area contributed by atoms with Gasteiger partial charge in [-0.05, 0) is 12.8 Å². The van der Waals surface area contributed by atoms with Crippen LogP contribution in [0.2, 0.25) is 0 Å².